The van der Waals surface area contributed by atoms with Gasteiger partial charge in [-0.1, -0.05) is 13.3 Å². The molecule has 0 amide bonds. The van der Waals surface area contributed by atoms with Gasteiger partial charge < -0.3 is 5.73 Å². The number of rotatable bonds is 5. The highest BCUT2D eigenvalue weighted by Gasteiger charge is 2.30. The average molecular weight is 270 g/mol. The zero-order valence-corrected chi connectivity index (χ0v) is 11.0. The van der Waals surface area contributed by atoms with E-state index in [4.69, 9.17) is 5.73 Å². The zero-order chi connectivity index (χ0) is 12.9. The molecule has 0 aliphatic carbocycles. The molecule has 2 nitrogen and oxygen atoms in total. The molecule has 1 aliphatic heterocycles. The van der Waals surface area contributed by atoms with Crippen molar-refractivity contribution in [2.45, 2.75) is 37.7 Å². The minimum Gasteiger partial charge on any atom is -0.329 e. The first-order valence-corrected chi connectivity index (χ1v) is 7.09. The monoisotopic (exact) mass is 270 g/mol. The highest BCUT2D eigenvalue weighted by Crippen LogP contribution is 2.31. The lowest BCUT2D eigenvalue weighted by Gasteiger charge is -2.38. The van der Waals surface area contributed by atoms with Crippen molar-refractivity contribution >= 4 is 11.8 Å². The van der Waals surface area contributed by atoms with Gasteiger partial charge in [0.15, 0.2) is 0 Å². The van der Waals surface area contributed by atoms with E-state index >= 15 is 0 Å². The molecule has 0 saturated carbocycles. The van der Waals surface area contributed by atoms with Crippen LogP contribution in [0, 0.1) is 5.92 Å². The van der Waals surface area contributed by atoms with Crippen LogP contribution in [0.15, 0.2) is 0 Å². The number of nitrogens with zero attached hydrogens (tertiary/aromatic N) is 1. The molecule has 0 radical (unpaired) electrons. The summed E-state index contributed by atoms with van der Waals surface area (Å²) in [5.74, 6) is 0.798. The minimum atomic E-state index is -4.11. The highest BCUT2D eigenvalue weighted by atomic mass is 32.2. The molecule has 1 heterocycles. The first-order chi connectivity index (χ1) is 7.96. The van der Waals surface area contributed by atoms with Crippen LogP contribution in [0.2, 0.25) is 0 Å². The Balaban J connectivity index is 2.32. The number of nitrogens with two attached hydrogens (primary N) is 1. The van der Waals surface area contributed by atoms with Gasteiger partial charge in [-0.05, 0) is 37.1 Å². The Morgan fingerprint density at radius 2 is 2.12 bits per heavy atom. The quantitative estimate of drug-likeness (QED) is 0.833. The Hall–Kier alpha value is 0.0600. The van der Waals surface area contributed by atoms with Gasteiger partial charge in [0, 0.05) is 24.9 Å². The van der Waals surface area contributed by atoms with Crippen LogP contribution < -0.4 is 5.73 Å². The van der Waals surface area contributed by atoms with Crippen molar-refractivity contribution < 1.29 is 13.2 Å². The fourth-order valence-corrected chi connectivity index (χ4v) is 2.93. The van der Waals surface area contributed by atoms with Crippen molar-refractivity contribution in [2.24, 2.45) is 11.7 Å². The number of hydrogen-bond donors (Lipinski definition) is 1. The van der Waals surface area contributed by atoms with Crippen LogP contribution >= 0.6 is 11.8 Å². The van der Waals surface area contributed by atoms with E-state index in [9.17, 15) is 13.2 Å². The van der Waals surface area contributed by atoms with Gasteiger partial charge in [-0.2, -0.15) is 13.2 Å². The molecule has 6 heteroatoms. The zero-order valence-electron chi connectivity index (χ0n) is 10.2. The van der Waals surface area contributed by atoms with Crippen LogP contribution in [-0.4, -0.2) is 41.8 Å². The topological polar surface area (TPSA) is 29.3 Å². The smallest absolute Gasteiger partial charge is 0.329 e. The summed E-state index contributed by atoms with van der Waals surface area (Å²) >= 11 is 0.0638. The Morgan fingerprint density at radius 1 is 1.41 bits per heavy atom. The molecule has 2 N–H and O–H groups in total. The third kappa shape index (κ3) is 5.48. The Kier molecular flexibility index (Phi) is 6.09. The summed E-state index contributed by atoms with van der Waals surface area (Å²) in [6.45, 7) is 4.09. The third-order valence-electron chi connectivity index (χ3n) is 3.44. The maximum Gasteiger partial charge on any atom is 0.441 e. The molecule has 17 heavy (non-hydrogen) atoms. The second-order valence-corrected chi connectivity index (χ2v) is 5.68. The summed E-state index contributed by atoms with van der Waals surface area (Å²) in [5.41, 5.74) is 1.59. The van der Waals surface area contributed by atoms with E-state index in [2.05, 4.69) is 11.8 Å². The second kappa shape index (κ2) is 6.85. The predicted octanol–water partition coefficient (Wildman–Crippen LogP) is 2.69. The van der Waals surface area contributed by atoms with Crippen molar-refractivity contribution in [1.82, 2.24) is 4.90 Å². The van der Waals surface area contributed by atoms with Crippen molar-refractivity contribution in [1.29, 1.82) is 0 Å². The average Bonchev–Trinajstić information content (AvgIpc) is 2.27. The van der Waals surface area contributed by atoms with E-state index < -0.39 is 5.51 Å². The van der Waals surface area contributed by atoms with Crippen LogP contribution in [0.25, 0.3) is 0 Å². The van der Waals surface area contributed by atoms with Crippen molar-refractivity contribution in [3.05, 3.63) is 0 Å². The van der Waals surface area contributed by atoms with E-state index in [1.54, 1.807) is 0 Å². The molecular weight excluding hydrogens is 249 g/mol. The summed E-state index contributed by atoms with van der Waals surface area (Å²) in [5, 5.41) is 0. The van der Waals surface area contributed by atoms with Gasteiger partial charge in [-0.3, -0.25) is 4.90 Å². The van der Waals surface area contributed by atoms with Crippen molar-refractivity contribution in [2.75, 3.05) is 25.4 Å². The molecule has 0 spiro atoms. The number of piperidine rings is 1. The summed E-state index contributed by atoms with van der Waals surface area (Å²) in [4.78, 5) is 2.12. The molecule has 0 aromatic heterocycles. The fourth-order valence-electron chi connectivity index (χ4n) is 2.37. The molecular formula is C11H21F3N2S. The van der Waals surface area contributed by atoms with Gasteiger partial charge in [0.05, 0.1) is 0 Å². The van der Waals surface area contributed by atoms with Crippen LogP contribution in [0.4, 0.5) is 13.2 Å². The Labute approximate surface area is 105 Å². The number of thioether (sulfide) groups is 1. The van der Waals surface area contributed by atoms with E-state index in [-0.39, 0.29) is 23.6 Å². The van der Waals surface area contributed by atoms with Crippen LogP contribution in [-0.2, 0) is 0 Å². The molecule has 102 valence electrons. The minimum absolute atomic E-state index is 0.0638. The van der Waals surface area contributed by atoms with Gasteiger partial charge in [0.1, 0.15) is 0 Å². The van der Waals surface area contributed by atoms with E-state index in [0.29, 0.717) is 19.0 Å². The first-order valence-electron chi connectivity index (χ1n) is 6.11. The summed E-state index contributed by atoms with van der Waals surface area (Å²) in [7, 11) is 0. The van der Waals surface area contributed by atoms with Gasteiger partial charge in [-0.25, -0.2) is 0 Å². The van der Waals surface area contributed by atoms with Gasteiger partial charge in [0.25, 0.3) is 0 Å². The molecule has 0 aromatic carbocycles. The van der Waals surface area contributed by atoms with E-state index in [0.717, 1.165) is 25.8 Å². The molecule has 1 fully saturated rings. The number of alkyl halides is 3. The van der Waals surface area contributed by atoms with Crippen LogP contribution in [0.3, 0.4) is 0 Å². The van der Waals surface area contributed by atoms with Gasteiger partial charge in [0.2, 0.25) is 0 Å². The third-order valence-corrected chi connectivity index (χ3v) is 4.15. The highest BCUT2D eigenvalue weighted by molar-refractivity contribution is 8.00. The van der Waals surface area contributed by atoms with E-state index in [1.165, 1.54) is 0 Å². The number of halogens is 3. The molecule has 2 atom stereocenters. The molecule has 2 unspecified atom stereocenters. The lowest BCUT2D eigenvalue weighted by Crippen LogP contribution is -2.47. The summed E-state index contributed by atoms with van der Waals surface area (Å²) < 4.78 is 36.1. The Morgan fingerprint density at radius 3 is 2.65 bits per heavy atom. The maximum absolute atomic E-state index is 12.0. The van der Waals surface area contributed by atoms with Crippen molar-refractivity contribution in [3.8, 4) is 0 Å². The summed E-state index contributed by atoms with van der Waals surface area (Å²) in [6, 6.07) is 0.266. The predicted molar refractivity (Wildman–Crippen MR) is 65.9 cm³/mol. The fraction of sp³-hybridized carbons (Fsp3) is 1.00. The van der Waals surface area contributed by atoms with Crippen LogP contribution in [0.5, 0.6) is 0 Å². The standard InChI is InChI=1S/C11H21F3N2S/c1-2-9-3-4-16(10(7-9)8-15)5-6-17-11(12,13)14/h9-10H,2-8,15H2,1H3. The lowest BCUT2D eigenvalue weighted by molar-refractivity contribution is -0.0329. The van der Waals surface area contributed by atoms with E-state index in [1.807, 2.05) is 0 Å². The maximum atomic E-state index is 12.0. The molecule has 1 saturated heterocycles. The van der Waals surface area contributed by atoms with Crippen molar-refractivity contribution in [3.63, 3.8) is 0 Å². The molecule has 1 rings (SSSR count). The Bertz CT molecular complexity index is 223. The normalized spacial score (nSPS) is 27.4. The second-order valence-electron chi connectivity index (χ2n) is 4.52. The van der Waals surface area contributed by atoms with Gasteiger partial charge in [-0.15, -0.1) is 0 Å². The SMILES string of the molecule is CCC1CCN(CCSC(F)(F)F)C(CN)C1. The number of likely N-dealkylation sites (tertiary alicyclic amines) is 1. The molecule has 1 aliphatic rings. The largest absolute Gasteiger partial charge is 0.441 e. The molecule has 0 bridgehead atoms. The lowest BCUT2D eigenvalue weighted by atomic mass is 9.89. The summed E-state index contributed by atoms with van der Waals surface area (Å²) in [6.07, 6.45) is 3.26. The van der Waals surface area contributed by atoms with Gasteiger partial charge >= 0.3 is 5.51 Å². The first kappa shape index (κ1) is 15.1. The number of hydrogen-bond acceptors (Lipinski definition) is 3. The van der Waals surface area contributed by atoms with Crippen LogP contribution in [0.1, 0.15) is 26.2 Å². The molecule has 0 aromatic rings.